The highest BCUT2D eigenvalue weighted by molar-refractivity contribution is 5.90. The van der Waals surface area contributed by atoms with Gasteiger partial charge in [-0.1, -0.05) is 0 Å². The molecule has 0 bridgehead atoms. The summed E-state index contributed by atoms with van der Waals surface area (Å²) in [5.41, 5.74) is -1.26. The Morgan fingerprint density at radius 3 is 2.59 bits per heavy atom. The van der Waals surface area contributed by atoms with Gasteiger partial charge in [0.25, 0.3) is 0 Å². The summed E-state index contributed by atoms with van der Waals surface area (Å²) in [6, 6.07) is 0.708. The molecule has 1 aromatic heterocycles. The van der Waals surface area contributed by atoms with Crippen molar-refractivity contribution in [2.75, 3.05) is 13.7 Å². The number of alkyl halides is 3. The monoisotopic (exact) mass is 249 g/mol. The van der Waals surface area contributed by atoms with E-state index in [2.05, 4.69) is 14.5 Å². The number of pyridine rings is 1. The quantitative estimate of drug-likeness (QED) is 0.771. The van der Waals surface area contributed by atoms with Crippen molar-refractivity contribution in [3.8, 4) is 5.75 Å². The summed E-state index contributed by atoms with van der Waals surface area (Å²) < 4.78 is 46.4. The molecule has 0 aliphatic heterocycles. The van der Waals surface area contributed by atoms with E-state index in [4.69, 9.17) is 0 Å². The van der Waals surface area contributed by atoms with E-state index in [0.29, 0.717) is 12.3 Å². The number of carbonyl (C=O) groups is 1. The molecular weight excluding hydrogens is 239 g/mol. The maximum Gasteiger partial charge on any atom is 0.418 e. The van der Waals surface area contributed by atoms with Gasteiger partial charge in [0.15, 0.2) is 11.4 Å². The summed E-state index contributed by atoms with van der Waals surface area (Å²) in [5.74, 6) is -1.09. The minimum absolute atomic E-state index is 0.102. The highest BCUT2D eigenvalue weighted by Gasteiger charge is 2.32. The van der Waals surface area contributed by atoms with Crippen molar-refractivity contribution < 1.29 is 27.4 Å². The third kappa shape index (κ3) is 3.08. The van der Waals surface area contributed by atoms with Gasteiger partial charge in [-0.3, -0.25) is 0 Å². The number of rotatable bonds is 3. The Hall–Kier alpha value is -1.79. The highest BCUT2D eigenvalue weighted by Crippen LogP contribution is 2.32. The predicted octanol–water partition coefficient (Wildman–Crippen LogP) is 2.29. The lowest BCUT2D eigenvalue weighted by molar-refractivity contribution is -0.138. The summed E-state index contributed by atoms with van der Waals surface area (Å²) in [5, 5.41) is 0. The third-order valence-electron chi connectivity index (χ3n) is 1.87. The van der Waals surface area contributed by atoms with Crippen LogP contribution in [-0.2, 0) is 10.9 Å². The Labute approximate surface area is 95.4 Å². The van der Waals surface area contributed by atoms with Gasteiger partial charge in [-0.25, -0.2) is 9.78 Å². The Morgan fingerprint density at radius 2 is 2.12 bits per heavy atom. The first-order valence-corrected chi connectivity index (χ1v) is 4.68. The second-order valence-corrected chi connectivity index (χ2v) is 2.99. The van der Waals surface area contributed by atoms with Gasteiger partial charge in [-0.15, -0.1) is 0 Å². The van der Waals surface area contributed by atoms with E-state index in [1.807, 2.05) is 0 Å². The lowest BCUT2D eigenvalue weighted by atomic mass is 10.2. The van der Waals surface area contributed by atoms with Gasteiger partial charge in [0.05, 0.1) is 19.3 Å². The second-order valence-electron chi connectivity index (χ2n) is 2.99. The molecule has 4 nitrogen and oxygen atoms in total. The molecule has 0 atom stereocenters. The molecule has 0 radical (unpaired) electrons. The SMILES string of the molecule is CCOC(=O)c1ncc(C(F)(F)F)cc1OC. The summed E-state index contributed by atoms with van der Waals surface area (Å²) >= 11 is 0. The van der Waals surface area contributed by atoms with E-state index in [1.165, 1.54) is 0 Å². The first kappa shape index (κ1) is 13.3. The van der Waals surface area contributed by atoms with E-state index in [-0.39, 0.29) is 18.1 Å². The van der Waals surface area contributed by atoms with Crippen LogP contribution in [0.4, 0.5) is 13.2 Å². The van der Waals surface area contributed by atoms with Crippen molar-refractivity contribution in [1.29, 1.82) is 0 Å². The molecule has 1 heterocycles. The van der Waals surface area contributed by atoms with Crippen molar-refractivity contribution in [3.63, 3.8) is 0 Å². The average molecular weight is 249 g/mol. The fourth-order valence-electron chi connectivity index (χ4n) is 1.11. The molecular formula is C10H10F3NO3. The van der Waals surface area contributed by atoms with E-state index in [9.17, 15) is 18.0 Å². The second kappa shape index (κ2) is 5.03. The molecule has 1 aromatic rings. The number of ether oxygens (including phenoxy) is 2. The van der Waals surface area contributed by atoms with Crippen LogP contribution in [0.2, 0.25) is 0 Å². The zero-order valence-electron chi connectivity index (χ0n) is 9.17. The Balaban J connectivity index is 3.14. The Kier molecular flexibility index (Phi) is 3.93. The number of halogens is 3. The third-order valence-corrected chi connectivity index (χ3v) is 1.87. The fraction of sp³-hybridized carbons (Fsp3) is 0.400. The number of aromatic nitrogens is 1. The smallest absolute Gasteiger partial charge is 0.418 e. The molecule has 0 amide bonds. The van der Waals surface area contributed by atoms with Crippen molar-refractivity contribution >= 4 is 5.97 Å². The van der Waals surface area contributed by atoms with E-state index >= 15 is 0 Å². The number of carbonyl (C=O) groups excluding carboxylic acids is 1. The Morgan fingerprint density at radius 1 is 1.47 bits per heavy atom. The molecule has 0 spiro atoms. The zero-order chi connectivity index (χ0) is 13.1. The molecule has 17 heavy (non-hydrogen) atoms. The molecule has 1 rings (SSSR count). The zero-order valence-corrected chi connectivity index (χ0v) is 9.17. The van der Waals surface area contributed by atoms with Gasteiger partial charge in [0.2, 0.25) is 0 Å². The van der Waals surface area contributed by atoms with Gasteiger partial charge in [-0.05, 0) is 13.0 Å². The summed E-state index contributed by atoms with van der Waals surface area (Å²) in [4.78, 5) is 14.8. The van der Waals surface area contributed by atoms with Crippen LogP contribution in [0.25, 0.3) is 0 Å². The van der Waals surface area contributed by atoms with Gasteiger partial charge >= 0.3 is 12.1 Å². The van der Waals surface area contributed by atoms with Crippen LogP contribution in [-0.4, -0.2) is 24.7 Å². The van der Waals surface area contributed by atoms with E-state index in [0.717, 1.165) is 7.11 Å². The molecule has 0 saturated carbocycles. The Bertz CT molecular complexity index is 418. The van der Waals surface area contributed by atoms with Crippen molar-refractivity contribution in [3.05, 3.63) is 23.5 Å². The van der Waals surface area contributed by atoms with Crippen molar-refractivity contribution in [1.82, 2.24) is 4.98 Å². The summed E-state index contributed by atoms with van der Waals surface area (Å²) in [6.45, 7) is 1.68. The van der Waals surface area contributed by atoms with Gasteiger partial charge in [0, 0.05) is 6.20 Å². The average Bonchev–Trinajstić information content (AvgIpc) is 2.27. The lowest BCUT2D eigenvalue weighted by Gasteiger charge is -2.10. The number of hydrogen-bond acceptors (Lipinski definition) is 4. The van der Waals surface area contributed by atoms with E-state index in [1.54, 1.807) is 6.92 Å². The van der Waals surface area contributed by atoms with Crippen molar-refractivity contribution in [2.45, 2.75) is 13.1 Å². The maximum absolute atomic E-state index is 12.4. The fourth-order valence-corrected chi connectivity index (χ4v) is 1.11. The van der Waals surface area contributed by atoms with Gasteiger partial charge in [0.1, 0.15) is 0 Å². The van der Waals surface area contributed by atoms with Crippen molar-refractivity contribution in [2.24, 2.45) is 0 Å². The molecule has 0 saturated heterocycles. The minimum atomic E-state index is -4.53. The molecule has 7 heteroatoms. The largest absolute Gasteiger partial charge is 0.494 e. The highest BCUT2D eigenvalue weighted by atomic mass is 19.4. The topological polar surface area (TPSA) is 48.4 Å². The van der Waals surface area contributed by atoms with Crippen LogP contribution in [0.1, 0.15) is 23.0 Å². The van der Waals surface area contributed by atoms with Crippen LogP contribution in [0.15, 0.2) is 12.3 Å². The summed E-state index contributed by atoms with van der Waals surface area (Å²) in [7, 11) is 1.15. The molecule has 94 valence electrons. The first-order chi connectivity index (χ1) is 7.90. The van der Waals surface area contributed by atoms with E-state index < -0.39 is 17.7 Å². The number of nitrogens with zero attached hydrogens (tertiary/aromatic N) is 1. The molecule has 0 fully saturated rings. The molecule has 0 aliphatic rings. The number of methoxy groups -OCH3 is 1. The predicted molar refractivity (Wildman–Crippen MR) is 51.7 cm³/mol. The van der Waals surface area contributed by atoms with Crippen LogP contribution >= 0.6 is 0 Å². The molecule has 0 aromatic carbocycles. The van der Waals surface area contributed by atoms with Crippen LogP contribution < -0.4 is 4.74 Å². The van der Waals surface area contributed by atoms with Gasteiger partial charge in [-0.2, -0.15) is 13.2 Å². The normalized spacial score (nSPS) is 11.1. The number of hydrogen-bond donors (Lipinski definition) is 0. The van der Waals surface area contributed by atoms with Crippen LogP contribution in [0.3, 0.4) is 0 Å². The van der Waals surface area contributed by atoms with Gasteiger partial charge < -0.3 is 9.47 Å². The summed E-state index contributed by atoms with van der Waals surface area (Å²) in [6.07, 6.45) is -3.97. The maximum atomic E-state index is 12.4. The number of esters is 1. The van der Waals surface area contributed by atoms with Crippen LogP contribution in [0, 0.1) is 0 Å². The molecule has 0 aliphatic carbocycles. The lowest BCUT2D eigenvalue weighted by Crippen LogP contribution is -2.12. The molecule has 0 N–H and O–H groups in total. The molecule has 0 unspecified atom stereocenters. The standard InChI is InChI=1S/C10H10F3NO3/c1-3-17-9(15)8-7(16-2)4-6(5-14-8)10(11,12)13/h4-5H,3H2,1-2H3. The van der Waals surface area contributed by atoms with Crippen LogP contribution in [0.5, 0.6) is 5.75 Å². The minimum Gasteiger partial charge on any atom is -0.494 e. The first-order valence-electron chi connectivity index (χ1n) is 4.68.